The van der Waals surface area contributed by atoms with E-state index >= 15 is 0 Å². The molecule has 0 bridgehead atoms. The highest BCUT2D eigenvalue weighted by atomic mass is 79.9. The van der Waals surface area contributed by atoms with Gasteiger partial charge in [0.05, 0.1) is 16.6 Å². The Hall–Kier alpha value is -3.80. The molecule has 0 spiro atoms. The molecular formula is C26H19BrF6N4O. The molecule has 198 valence electrons. The molecule has 0 aliphatic heterocycles. The van der Waals surface area contributed by atoms with Crippen LogP contribution >= 0.6 is 15.9 Å². The zero-order valence-electron chi connectivity index (χ0n) is 19.3. The highest BCUT2D eigenvalue weighted by Gasteiger charge is 2.38. The lowest BCUT2D eigenvalue weighted by atomic mass is 10.1. The molecule has 0 aliphatic carbocycles. The Bertz CT molecular complexity index is 1430. The second-order valence-electron chi connectivity index (χ2n) is 8.02. The van der Waals surface area contributed by atoms with Crippen LogP contribution in [0.4, 0.5) is 26.3 Å². The Kier molecular flexibility index (Phi) is 8.10. The van der Waals surface area contributed by atoms with Crippen molar-refractivity contribution in [3.8, 4) is 17.4 Å². The molecule has 38 heavy (non-hydrogen) atoms. The molecular weight excluding hydrogens is 578 g/mol. The molecule has 0 amide bonds. The van der Waals surface area contributed by atoms with Gasteiger partial charge in [0, 0.05) is 6.07 Å². The van der Waals surface area contributed by atoms with Crippen LogP contribution in [0.3, 0.4) is 0 Å². The standard InChI is InChI=1S/C18H13F3N4O.C8H6BrF3/c19-18(20,21)12-7-5-11(6-8-12)10-26-16-9-15(24-25-16)17-22-13-3-1-2-4-14(13)23-17;9-7(8(10,11)12)6-4-2-1-3-5-6/h1-9H,10H2,(H,22,23)(H,24,25);1-5,7H. The van der Waals surface area contributed by atoms with Crippen LogP contribution in [0.1, 0.15) is 21.5 Å². The number of nitrogens with one attached hydrogen (secondary N) is 2. The van der Waals surface area contributed by atoms with Gasteiger partial charge in [-0.3, -0.25) is 5.10 Å². The van der Waals surface area contributed by atoms with Gasteiger partial charge < -0.3 is 9.72 Å². The largest absolute Gasteiger partial charge is 0.472 e. The van der Waals surface area contributed by atoms with Gasteiger partial charge in [-0.05, 0) is 35.4 Å². The molecule has 0 saturated carbocycles. The maximum Gasteiger partial charge on any atom is 0.416 e. The minimum atomic E-state index is -4.34. The predicted molar refractivity (Wildman–Crippen MR) is 134 cm³/mol. The minimum Gasteiger partial charge on any atom is -0.472 e. The maximum absolute atomic E-state index is 12.6. The van der Waals surface area contributed by atoms with Crippen molar-refractivity contribution in [2.75, 3.05) is 0 Å². The van der Waals surface area contributed by atoms with E-state index in [0.717, 1.165) is 23.2 Å². The smallest absolute Gasteiger partial charge is 0.416 e. The quantitative estimate of drug-likeness (QED) is 0.159. The third kappa shape index (κ3) is 6.94. The molecule has 2 heterocycles. The zero-order valence-corrected chi connectivity index (χ0v) is 20.9. The Morgan fingerprint density at radius 1 is 0.842 bits per heavy atom. The SMILES string of the molecule is FC(F)(F)C(Br)c1ccccc1.FC(F)(F)c1ccc(COc2cc(-c3nc4ccccc4[nH]3)[nH]n2)cc1. The summed E-state index contributed by atoms with van der Waals surface area (Å²) >= 11 is 2.58. The van der Waals surface area contributed by atoms with E-state index in [1.54, 1.807) is 24.3 Å². The number of alkyl halides is 7. The van der Waals surface area contributed by atoms with E-state index in [4.69, 9.17) is 4.74 Å². The fraction of sp³-hybridized carbons (Fsp3) is 0.154. The van der Waals surface area contributed by atoms with Crippen molar-refractivity contribution < 1.29 is 31.1 Å². The molecule has 0 aliphatic rings. The van der Waals surface area contributed by atoms with Gasteiger partial charge in [-0.1, -0.05) is 70.5 Å². The van der Waals surface area contributed by atoms with Crippen LogP contribution in [0.25, 0.3) is 22.6 Å². The fourth-order valence-corrected chi connectivity index (χ4v) is 3.64. The van der Waals surface area contributed by atoms with Gasteiger partial charge >= 0.3 is 12.4 Å². The molecule has 0 saturated heterocycles. The molecule has 2 N–H and O–H groups in total. The van der Waals surface area contributed by atoms with E-state index in [9.17, 15) is 26.3 Å². The van der Waals surface area contributed by atoms with Crippen molar-refractivity contribution in [3.05, 3.63) is 102 Å². The van der Waals surface area contributed by atoms with Crippen LogP contribution in [0.2, 0.25) is 0 Å². The molecule has 12 heteroatoms. The van der Waals surface area contributed by atoms with Crippen LogP contribution in [0, 0.1) is 0 Å². The average Bonchev–Trinajstić information content (AvgIpc) is 3.54. The highest BCUT2D eigenvalue weighted by Crippen LogP contribution is 2.39. The molecule has 0 radical (unpaired) electrons. The van der Waals surface area contributed by atoms with Gasteiger partial charge in [-0.15, -0.1) is 5.10 Å². The molecule has 1 unspecified atom stereocenters. The summed E-state index contributed by atoms with van der Waals surface area (Å²) in [6.45, 7) is 0.114. The van der Waals surface area contributed by atoms with Gasteiger partial charge in [0.2, 0.25) is 5.88 Å². The third-order valence-electron chi connectivity index (χ3n) is 5.25. The number of para-hydroxylation sites is 2. The summed E-state index contributed by atoms with van der Waals surface area (Å²) in [6.07, 6.45) is -8.57. The molecule has 5 nitrogen and oxygen atoms in total. The number of H-pyrrole nitrogens is 2. The molecule has 3 aromatic carbocycles. The van der Waals surface area contributed by atoms with E-state index in [0.29, 0.717) is 23.0 Å². The van der Waals surface area contributed by atoms with Gasteiger partial charge in [-0.2, -0.15) is 26.3 Å². The Morgan fingerprint density at radius 2 is 1.50 bits per heavy atom. The fourth-order valence-electron chi connectivity index (χ4n) is 3.34. The van der Waals surface area contributed by atoms with Crippen LogP contribution < -0.4 is 4.74 Å². The van der Waals surface area contributed by atoms with Gasteiger partial charge in [0.1, 0.15) is 17.1 Å². The van der Waals surface area contributed by atoms with E-state index in [1.807, 2.05) is 24.3 Å². The number of aromatic nitrogens is 4. The molecule has 5 rings (SSSR count). The second-order valence-corrected chi connectivity index (χ2v) is 8.94. The lowest BCUT2D eigenvalue weighted by Crippen LogP contribution is -2.14. The predicted octanol–water partition coefficient (Wildman–Crippen LogP) is 8.24. The number of halogens is 7. The van der Waals surface area contributed by atoms with Gasteiger partial charge in [-0.25, -0.2) is 4.98 Å². The van der Waals surface area contributed by atoms with Crippen molar-refractivity contribution in [2.24, 2.45) is 0 Å². The van der Waals surface area contributed by atoms with Crippen LogP contribution in [0.5, 0.6) is 5.88 Å². The number of hydrogen-bond donors (Lipinski definition) is 2. The number of nitrogens with zero attached hydrogens (tertiary/aromatic N) is 2. The molecule has 1 atom stereocenters. The van der Waals surface area contributed by atoms with Crippen LogP contribution in [-0.2, 0) is 12.8 Å². The topological polar surface area (TPSA) is 66.6 Å². The lowest BCUT2D eigenvalue weighted by molar-refractivity contribution is -0.137. The summed E-state index contributed by atoms with van der Waals surface area (Å²) in [5.41, 5.74) is 2.56. The Labute approximate surface area is 221 Å². The Morgan fingerprint density at radius 3 is 2.13 bits per heavy atom. The van der Waals surface area contributed by atoms with E-state index in [1.165, 1.54) is 24.3 Å². The van der Waals surface area contributed by atoms with Crippen molar-refractivity contribution in [1.82, 2.24) is 20.2 Å². The Balaban J connectivity index is 0.000000236. The minimum absolute atomic E-state index is 0.114. The van der Waals surface area contributed by atoms with Gasteiger partial charge in [0.25, 0.3) is 0 Å². The van der Waals surface area contributed by atoms with Crippen LogP contribution in [-0.4, -0.2) is 26.3 Å². The summed E-state index contributed by atoms with van der Waals surface area (Å²) in [7, 11) is 0. The number of benzene rings is 3. The first-order valence-corrected chi connectivity index (χ1v) is 12.0. The number of imidazole rings is 1. The number of hydrogen-bond acceptors (Lipinski definition) is 3. The third-order valence-corrected chi connectivity index (χ3v) is 6.29. The first-order valence-electron chi connectivity index (χ1n) is 11.1. The normalized spacial score (nSPS) is 12.6. The summed E-state index contributed by atoms with van der Waals surface area (Å²) in [5, 5.41) is 6.88. The summed E-state index contributed by atoms with van der Waals surface area (Å²) in [5.74, 6) is 0.962. The average molecular weight is 597 g/mol. The summed E-state index contributed by atoms with van der Waals surface area (Å²) < 4.78 is 79.5. The highest BCUT2D eigenvalue weighted by molar-refractivity contribution is 9.09. The lowest BCUT2D eigenvalue weighted by Gasteiger charge is -2.13. The number of aromatic amines is 2. The van der Waals surface area contributed by atoms with E-state index in [2.05, 4.69) is 36.1 Å². The first kappa shape index (κ1) is 27.2. The van der Waals surface area contributed by atoms with Crippen molar-refractivity contribution in [3.63, 3.8) is 0 Å². The van der Waals surface area contributed by atoms with Crippen molar-refractivity contribution in [1.29, 1.82) is 0 Å². The second kappa shape index (κ2) is 11.3. The van der Waals surface area contributed by atoms with Crippen LogP contribution in [0.15, 0.2) is 84.9 Å². The first-order chi connectivity index (χ1) is 18.0. The number of rotatable bonds is 5. The van der Waals surface area contributed by atoms with Crippen molar-refractivity contribution in [2.45, 2.75) is 23.8 Å². The monoisotopic (exact) mass is 596 g/mol. The van der Waals surface area contributed by atoms with E-state index in [-0.39, 0.29) is 12.2 Å². The van der Waals surface area contributed by atoms with E-state index < -0.39 is 22.7 Å². The van der Waals surface area contributed by atoms with Gasteiger partial charge in [0.15, 0.2) is 5.82 Å². The number of fused-ring (bicyclic) bond motifs is 1. The zero-order chi connectivity index (χ0) is 27.3. The number of ether oxygens (including phenoxy) is 1. The summed E-state index contributed by atoms with van der Waals surface area (Å²) in [6, 6.07) is 21.9. The molecule has 2 aromatic heterocycles. The van der Waals surface area contributed by atoms with Crippen molar-refractivity contribution >= 4 is 27.0 Å². The maximum atomic E-state index is 12.6. The summed E-state index contributed by atoms with van der Waals surface area (Å²) in [4.78, 5) is 6.07. The molecule has 5 aromatic rings. The molecule has 0 fully saturated rings.